The minimum atomic E-state index is 0.312. The van der Waals surface area contributed by atoms with Crippen LogP contribution in [-0.2, 0) is 11.8 Å². The second-order valence-corrected chi connectivity index (χ2v) is 9.14. The Hall–Kier alpha value is -1.59. The van der Waals surface area contributed by atoms with Gasteiger partial charge in [-0.1, -0.05) is 24.3 Å². The SMILES string of the molecule is CN=C(NCC1CN(C)CCN1C)N1CCCC2(CCCc3ccccc32)C1. The van der Waals surface area contributed by atoms with Crippen LogP contribution >= 0.6 is 0 Å². The Morgan fingerprint density at radius 1 is 1.14 bits per heavy atom. The fourth-order valence-corrected chi connectivity index (χ4v) is 5.61. The quantitative estimate of drug-likeness (QED) is 0.627. The molecule has 154 valence electrons. The Morgan fingerprint density at radius 3 is 2.82 bits per heavy atom. The Bertz CT molecular complexity index is 702. The molecule has 2 heterocycles. The Labute approximate surface area is 170 Å². The second kappa shape index (κ2) is 8.42. The monoisotopic (exact) mass is 383 g/mol. The van der Waals surface area contributed by atoms with Crippen molar-refractivity contribution in [3.8, 4) is 0 Å². The summed E-state index contributed by atoms with van der Waals surface area (Å²) in [5.74, 6) is 1.09. The predicted molar refractivity (Wildman–Crippen MR) is 117 cm³/mol. The first kappa shape index (κ1) is 19.7. The van der Waals surface area contributed by atoms with Crippen LogP contribution in [0.1, 0.15) is 36.8 Å². The molecule has 0 amide bonds. The van der Waals surface area contributed by atoms with Crippen molar-refractivity contribution in [3.05, 3.63) is 35.4 Å². The van der Waals surface area contributed by atoms with Crippen molar-refractivity contribution >= 4 is 5.96 Å². The number of nitrogens with zero attached hydrogens (tertiary/aromatic N) is 4. The van der Waals surface area contributed by atoms with Crippen LogP contribution in [0.15, 0.2) is 29.3 Å². The number of aryl methyl sites for hydroxylation is 1. The minimum Gasteiger partial charge on any atom is -0.355 e. The average Bonchev–Trinajstić information content (AvgIpc) is 2.72. The van der Waals surface area contributed by atoms with Crippen molar-refractivity contribution < 1.29 is 0 Å². The molecule has 4 rings (SSSR count). The molecule has 2 aliphatic heterocycles. The number of likely N-dealkylation sites (N-methyl/N-ethyl adjacent to an activating group) is 2. The van der Waals surface area contributed by atoms with Crippen LogP contribution in [0.4, 0.5) is 0 Å². The van der Waals surface area contributed by atoms with Gasteiger partial charge >= 0.3 is 0 Å². The van der Waals surface area contributed by atoms with Crippen molar-refractivity contribution in [2.45, 2.75) is 43.6 Å². The lowest BCUT2D eigenvalue weighted by Crippen LogP contribution is -2.57. The number of piperidine rings is 1. The summed E-state index contributed by atoms with van der Waals surface area (Å²) in [7, 11) is 6.41. The molecule has 1 aromatic rings. The number of aliphatic imine (C=N–C) groups is 1. The van der Waals surface area contributed by atoms with Gasteiger partial charge in [-0.15, -0.1) is 0 Å². The number of rotatable bonds is 2. The van der Waals surface area contributed by atoms with Crippen molar-refractivity contribution in [3.63, 3.8) is 0 Å². The second-order valence-electron chi connectivity index (χ2n) is 9.14. The maximum atomic E-state index is 4.67. The first-order valence-corrected chi connectivity index (χ1v) is 11.0. The number of benzene rings is 1. The molecule has 0 saturated carbocycles. The number of hydrogen-bond donors (Lipinski definition) is 1. The molecule has 28 heavy (non-hydrogen) atoms. The van der Waals surface area contributed by atoms with Gasteiger partial charge in [0.1, 0.15) is 0 Å². The van der Waals surface area contributed by atoms with Crippen LogP contribution in [0.25, 0.3) is 0 Å². The van der Waals surface area contributed by atoms with Crippen molar-refractivity contribution in [1.29, 1.82) is 0 Å². The van der Waals surface area contributed by atoms with Gasteiger partial charge in [0.2, 0.25) is 0 Å². The van der Waals surface area contributed by atoms with E-state index in [1.807, 2.05) is 7.05 Å². The standard InChI is InChI=1S/C23H37N5/c1-24-22(25-16-20-17-26(2)14-15-27(20)3)28-13-7-12-23(18-28)11-6-9-19-8-4-5-10-21(19)23/h4-5,8,10,20H,6-7,9,11-18H2,1-3H3,(H,24,25). The van der Waals surface area contributed by atoms with Gasteiger partial charge < -0.3 is 15.1 Å². The lowest BCUT2D eigenvalue weighted by Gasteiger charge is -2.47. The number of fused-ring (bicyclic) bond motifs is 2. The molecule has 0 radical (unpaired) electrons. The predicted octanol–water partition coefficient (Wildman–Crippen LogP) is 2.18. The lowest BCUT2D eigenvalue weighted by atomic mass is 9.66. The zero-order valence-corrected chi connectivity index (χ0v) is 18.0. The fourth-order valence-electron chi connectivity index (χ4n) is 5.61. The highest BCUT2D eigenvalue weighted by Gasteiger charge is 2.40. The molecular formula is C23H37N5. The van der Waals surface area contributed by atoms with E-state index in [2.05, 4.69) is 63.4 Å². The van der Waals surface area contributed by atoms with E-state index in [0.717, 1.165) is 45.2 Å². The molecule has 2 atom stereocenters. The largest absolute Gasteiger partial charge is 0.355 e. The maximum absolute atomic E-state index is 4.67. The van der Waals surface area contributed by atoms with E-state index >= 15 is 0 Å². The highest BCUT2D eigenvalue weighted by atomic mass is 15.3. The molecule has 1 spiro atoms. The molecule has 5 nitrogen and oxygen atoms in total. The molecule has 1 N–H and O–H groups in total. The third-order valence-electron chi connectivity index (χ3n) is 7.25. The van der Waals surface area contributed by atoms with Crippen LogP contribution in [0.3, 0.4) is 0 Å². The summed E-state index contributed by atoms with van der Waals surface area (Å²) in [6.07, 6.45) is 6.44. The fraction of sp³-hybridized carbons (Fsp3) is 0.696. The molecule has 0 aromatic heterocycles. The van der Waals surface area contributed by atoms with Crippen molar-refractivity contribution in [2.75, 3.05) is 60.4 Å². The first-order valence-electron chi connectivity index (χ1n) is 11.0. The molecule has 0 bridgehead atoms. The average molecular weight is 384 g/mol. The number of hydrogen-bond acceptors (Lipinski definition) is 3. The molecule has 2 saturated heterocycles. The Balaban J connectivity index is 1.45. The summed E-state index contributed by atoms with van der Waals surface area (Å²) in [4.78, 5) is 12.1. The van der Waals surface area contributed by atoms with Gasteiger partial charge in [-0.2, -0.15) is 0 Å². The van der Waals surface area contributed by atoms with Gasteiger partial charge in [-0.3, -0.25) is 9.89 Å². The lowest BCUT2D eigenvalue weighted by molar-refractivity contribution is 0.115. The van der Waals surface area contributed by atoms with Gasteiger partial charge in [-0.25, -0.2) is 0 Å². The minimum absolute atomic E-state index is 0.312. The molecule has 2 unspecified atom stereocenters. The summed E-state index contributed by atoms with van der Waals surface area (Å²) >= 11 is 0. The van der Waals surface area contributed by atoms with E-state index in [1.54, 1.807) is 11.1 Å². The van der Waals surface area contributed by atoms with E-state index in [-0.39, 0.29) is 0 Å². The zero-order chi connectivity index (χ0) is 19.6. The zero-order valence-electron chi connectivity index (χ0n) is 18.0. The van der Waals surface area contributed by atoms with Gasteiger partial charge in [0.05, 0.1) is 0 Å². The van der Waals surface area contributed by atoms with Crippen LogP contribution in [-0.4, -0.2) is 87.1 Å². The Kier molecular flexibility index (Phi) is 5.93. The van der Waals surface area contributed by atoms with Crippen molar-refractivity contribution in [1.82, 2.24) is 20.0 Å². The van der Waals surface area contributed by atoms with Crippen LogP contribution in [0.5, 0.6) is 0 Å². The van der Waals surface area contributed by atoms with E-state index in [4.69, 9.17) is 0 Å². The number of nitrogens with one attached hydrogen (secondary N) is 1. The molecule has 2 fully saturated rings. The molecule has 1 aliphatic carbocycles. The summed E-state index contributed by atoms with van der Waals surface area (Å²) in [6.45, 7) is 6.61. The number of piperazine rings is 1. The first-order chi connectivity index (χ1) is 13.6. The summed E-state index contributed by atoms with van der Waals surface area (Å²) in [6, 6.07) is 9.72. The third-order valence-corrected chi connectivity index (χ3v) is 7.25. The van der Waals surface area contributed by atoms with E-state index in [0.29, 0.717) is 11.5 Å². The highest BCUT2D eigenvalue weighted by molar-refractivity contribution is 5.80. The smallest absolute Gasteiger partial charge is 0.193 e. The molecule has 5 heteroatoms. The van der Waals surface area contributed by atoms with Gasteiger partial charge in [-0.05, 0) is 57.3 Å². The van der Waals surface area contributed by atoms with Crippen LogP contribution < -0.4 is 5.32 Å². The normalized spacial score (nSPS) is 29.8. The van der Waals surface area contributed by atoms with Crippen LogP contribution in [0.2, 0.25) is 0 Å². The van der Waals surface area contributed by atoms with Crippen LogP contribution in [0, 0.1) is 0 Å². The van der Waals surface area contributed by atoms with E-state index in [9.17, 15) is 0 Å². The summed E-state index contributed by atoms with van der Waals surface area (Å²) in [5.41, 5.74) is 3.49. The van der Waals surface area contributed by atoms with Gasteiger partial charge in [0.15, 0.2) is 5.96 Å². The third kappa shape index (κ3) is 3.92. The molecule has 3 aliphatic rings. The summed E-state index contributed by atoms with van der Waals surface area (Å²) in [5, 5.41) is 3.71. The molecular weight excluding hydrogens is 346 g/mol. The Morgan fingerprint density at radius 2 is 1.96 bits per heavy atom. The highest BCUT2D eigenvalue weighted by Crippen LogP contribution is 2.43. The van der Waals surface area contributed by atoms with Crippen molar-refractivity contribution in [2.24, 2.45) is 4.99 Å². The molecule has 1 aromatic carbocycles. The maximum Gasteiger partial charge on any atom is 0.193 e. The number of likely N-dealkylation sites (tertiary alicyclic amines) is 1. The van der Waals surface area contributed by atoms with Gasteiger partial charge in [0.25, 0.3) is 0 Å². The van der Waals surface area contributed by atoms with Gasteiger partial charge in [0, 0.05) is 57.8 Å². The van der Waals surface area contributed by atoms with E-state index < -0.39 is 0 Å². The number of guanidine groups is 1. The van der Waals surface area contributed by atoms with E-state index in [1.165, 1.54) is 32.1 Å². The topological polar surface area (TPSA) is 34.1 Å². The summed E-state index contributed by atoms with van der Waals surface area (Å²) < 4.78 is 0.